The summed E-state index contributed by atoms with van der Waals surface area (Å²) in [5.74, 6) is 1.44. The minimum absolute atomic E-state index is 0.233. The van der Waals surface area contributed by atoms with Crippen LogP contribution in [0.25, 0.3) is 11.0 Å². The van der Waals surface area contributed by atoms with Gasteiger partial charge in [0.2, 0.25) is 0 Å². The van der Waals surface area contributed by atoms with Gasteiger partial charge in [-0.2, -0.15) is 0 Å². The lowest BCUT2D eigenvalue weighted by molar-refractivity contribution is 0.0963. The molecular weight excluding hydrogens is 344 g/mol. The molecule has 3 rings (SSSR count). The number of aliphatic imine (C=N–C) groups is 1. The van der Waals surface area contributed by atoms with Crippen LogP contribution in [0.1, 0.15) is 32.0 Å². The highest BCUT2D eigenvalue weighted by atomic mass is 16.6. The maximum atomic E-state index is 11.7. The second kappa shape index (κ2) is 9.25. The fourth-order valence-corrected chi connectivity index (χ4v) is 3.25. The molecule has 0 spiro atoms. The van der Waals surface area contributed by atoms with Gasteiger partial charge in [0, 0.05) is 32.1 Å². The summed E-state index contributed by atoms with van der Waals surface area (Å²) in [5.41, 5.74) is 8.05. The number of aromatic amines is 1. The number of rotatable bonds is 6. The first-order valence-corrected chi connectivity index (χ1v) is 9.57. The van der Waals surface area contributed by atoms with E-state index in [1.54, 1.807) is 4.90 Å². The Hall–Kier alpha value is -2.77. The van der Waals surface area contributed by atoms with Crippen molar-refractivity contribution in [3.8, 4) is 0 Å². The Bertz CT molecular complexity index is 746. The zero-order chi connectivity index (χ0) is 19.1. The number of fused-ring (bicyclic) bond motifs is 1. The standard InChI is InChI=1S/C19H28N6O2/c1-2-27-19(26)25-12-9-14(10-13-25)22-18(20)21-11-5-8-17-23-15-6-3-4-7-16(15)24-17/h3-4,6-7,14H,2,5,8-13H2,1H3,(H,23,24)(H3,20,21,22). The van der Waals surface area contributed by atoms with Gasteiger partial charge < -0.3 is 25.7 Å². The maximum Gasteiger partial charge on any atom is 0.409 e. The molecule has 0 radical (unpaired) electrons. The number of amides is 1. The van der Waals surface area contributed by atoms with Gasteiger partial charge in [0.05, 0.1) is 17.6 Å². The van der Waals surface area contributed by atoms with E-state index in [1.165, 1.54) is 0 Å². The Labute approximate surface area is 159 Å². The van der Waals surface area contributed by atoms with Gasteiger partial charge in [-0.3, -0.25) is 4.99 Å². The average molecular weight is 372 g/mol. The number of hydrogen-bond donors (Lipinski definition) is 3. The zero-order valence-corrected chi connectivity index (χ0v) is 15.8. The molecule has 0 saturated carbocycles. The second-order valence-electron chi connectivity index (χ2n) is 6.68. The molecule has 0 aliphatic carbocycles. The molecule has 1 aliphatic heterocycles. The number of piperidine rings is 1. The number of nitrogens with two attached hydrogens (primary N) is 1. The number of likely N-dealkylation sites (tertiary alicyclic amines) is 1. The number of nitrogens with zero attached hydrogens (tertiary/aromatic N) is 3. The average Bonchev–Trinajstić information content (AvgIpc) is 3.09. The molecule has 1 aromatic carbocycles. The van der Waals surface area contributed by atoms with Gasteiger partial charge in [0.1, 0.15) is 5.82 Å². The molecule has 8 heteroatoms. The summed E-state index contributed by atoms with van der Waals surface area (Å²) in [5, 5.41) is 3.26. The summed E-state index contributed by atoms with van der Waals surface area (Å²) >= 11 is 0. The topological polar surface area (TPSA) is 109 Å². The number of guanidine groups is 1. The van der Waals surface area contributed by atoms with Crippen molar-refractivity contribution in [2.45, 2.75) is 38.6 Å². The summed E-state index contributed by atoms with van der Waals surface area (Å²) < 4.78 is 5.03. The van der Waals surface area contributed by atoms with Crippen LogP contribution in [0.3, 0.4) is 0 Å². The van der Waals surface area contributed by atoms with Gasteiger partial charge in [0.25, 0.3) is 0 Å². The second-order valence-corrected chi connectivity index (χ2v) is 6.68. The molecule has 2 heterocycles. The predicted molar refractivity (Wildman–Crippen MR) is 106 cm³/mol. The quantitative estimate of drug-likeness (QED) is 0.408. The van der Waals surface area contributed by atoms with E-state index in [2.05, 4.69) is 20.3 Å². The molecule has 8 nitrogen and oxygen atoms in total. The molecule has 1 aromatic heterocycles. The van der Waals surface area contributed by atoms with Gasteiger partial charge in [0.15, 0.2) is 5.96 Å². The summed E-state index contributed by atoms with van der Waals surface area (Å²) in [6, 6.07) is 8.26. The smallest absolute Gasteiger partial charge is 0.409 e. The van der Waals surface area contributed by atoms with Crippen molar-refractivity contribution in [2.75, 3.05) is 26.2 Å². The Morgan fingerprint density at radius 2 is 2.19 bits per heavy atom. The van der Waals surface area contributed by atoms with Gasteiger partial charge in [-0.15, -0.1) is 0 Å². The Balaban J connectivity index is 1.36. The van der Waals surface area contributed by atoms with Crippen molar-refractivity contribution in [1.82, 2.24) is 20.2 Å². The summed E-state index contributed by atoms with van der Waals surface area (Å²) in [6.07, 6.45) is 3.16. The number of H-pyrrole nitrogens is 1. The number of hydrogen-bond acceptors (Lipinski definition) is 4. The third-order valence-corrected chi connectivity index (χ3v) is 4.67. The number of ether oxygens (including phenoxy) is 1. The van der Waals surface area contributed by atoms with Crippen LogP contribution in [-0.2, 0) is 11.2 Å². The largest absolute Gasteiger partial charge is 0.450 e. The van der Waals surface area contributed by atoms with Crippen LogP contribution in [-0.4, -0.2) is 59.2 Å². The Morgan fingerprint density at radius 1 is 1.41 bits per heavy atom. The van der Waals surface area contributed by atoms with Crippen molar-refractivity contribution < 1.29 is 9.53 Å². The first-order chi connectivity index (χ1) is 13.2. The normalized spacial score (nSPS) is 15.9. The monoisotopic (exact) mass is 372 g/mol. The highest BCUT2D eigenvalue weighted by Crippen LogP contribution is 2.12. The molecule has 27 heavy (non-hydrogen) atoms. The lowest BCUT2D eigenvalue weighted by atomic mass is 10.1. The van der Waals surface area contributed by atoms with E-state index in [0.717, 1.165) is 42.5 Å². The van der Waals surface area contributed by atoms with Crippen molar-refractivity contribution in [2.24, 2.45) is 10.7 Å². The van der Waals surface area contributed by atoms with Crippen LogP contribution in [0.5, 0.6) is 0 Å². The van der Waals surface area contributed by atoms with Crippen LogP contribution in [0.4, 0.5) is 4.79 Å². The number of carbonyl (C=O) groups is 1. The molecule has 1 fully saturated rings. The first-order valence-electron chi connectivity index (χ1n) is 9.57. The third-order valence-electron chi connectivity index (χ3n) is 4.67. The number of benzene rings is 1. The lowest BCUT2D eigenvalue weighted by Gasteiger charge is -2.31. The van der Waals surface area contributed by atoms with Crippen LogP contribution in [0.2, 0.25) is 0 Å². The number of nitrogens with one attached hydrogen (secondary N) is 2. The molecule has 1 aliphatic rings. The highest BCUT2D eigenvalue weighted by molar-refractivity contribution is 5.78. The highest BCUT2D eigenvalue weighted by Gasteiger charge is 2.23. The minimum Gasteiger partial charge on any atom is -0.450 e. The van der Waals surface area contributed by atoms with Crippen LogP contribution < -0.4 is 11.1 Å². The molecule has 1 saturated heterocycles. The van der Waals surface area contributed by atoms with Gasteiger partial charge in [-0.1, -0.05) is 12.1 Å². The number of carbonyl (C=O) groups excluding carboxylic acids is 1. The molecule has 0 atom stereocenters. The van der Waals surface area contributed by atoms with Crippen molar-refractivity contribution in [3.63, 3.8) is 0 Å². The molecule has 1 amide bonds. The van der Waals surface area contributed by atoms with E-state index >= 15 is 0 Å². The van der Waals surface area contributed by atoms with E-state index < -0.39 is 0 Å². The van der Waals surface area contributed by atoms with Crippen LogP contribution >= 0.6 is 0 Å². The van der Waals surface area contributed by atoms with E-state index in [0.29, 0.717) is 32.2 Å². The van der Waals surface area contributed by atoms with E-state index in [9.17, 15) is 4.79 Å². The number of imidazole rings is 1. The van der Waals surface area contributed by atoms with Gasteiger partial charge >= 0.3 is 6.09 Å². The summed E-state index contributed by atoms with van der Waals surface area (Å²) in [4.78, 5) is 25.7. The minimum atomic E-state index is -0.233. The van der Waals surface area contributed by atoms with Crippen LogP contribution in [0.15, 0.2) is 29.3 Å². The number of aromatic nitrogens is 2. The molecule has 146 valence electrons. The Kier molecular flexibility index (Phi) is 6.51. The molecule has 0 bridgehead atoms. The third kappa shape index (κ3) is 5.35. The SMILES string of the molecule is CCOC(=O)N1CCC(NC(N)=NCCCc2nc3ccccc3[nH]2)CC1. The number of aryl methyl sites for hydroxylation is 1. The fourth-order valence-electron chi connectivity index (χ4n) is 3.25. The van der Waals surface area contributed by atoms with Gasteiger partial charge in [-0.25, -0.2) is 9.78 Å². The zero-order valence-electron chi connectivity index (χ0n) is 15.8. The van der Waals surface area contributed by atoms with E-state index in [1.807, 2.05) is 31.2 Å². The van der Waals surface area contributed by atoms with Gasteiger partial charge in [-0.05, 0) is 38.3 Å². The predicted octanol–water partition coefficient (Wildman–Crippen LogP) is 2.02. The molecule has 0 unspecified atom stereocenters. The molecular formula is C19H28N6O2. The molecule has 2 aromatic rings. The van der Waals surface area contributed by atoms with E-state index in [-0.39, 0.29) is 12.1 Å². The van der Waals surface area contributed by atoms with Crippen LogP contribution in [0, 0.1) is 0 Å². The van der Waals surface area contributed by atoms with Crippen molar-refractivity contribution in [1.29, 1.82) is 0 Å². The summed E-state index contributed by atoms with van der Waals surface area (Å²) in [7, 11) is 0. The fraction of sp³-hybridized carbons (Fsp3) is 0.526. The molecule has 4 N–H and O–H groups in total. The maximum absolute atomic E-state index is 11.7. The van der Waals surface area contributed by atoms with Crippen molar-refractivity contribution in [3.05, 3.63) is 30.1 Å². The lowest BCUT2D eigenvalue weighted by Crippen LogP contribution is -2.48. The van der Waals surface area contributed by atoms with E-state index in [4.69, 9.17) is 10.5 Å². The first kappa shape index (κ1) is 19.0. The Morgan fingerprint density at radius 3 is 2.93 bits per heavy atom. The summed E-state index contributed by atoms with van der Waals surface area (Å²) in [6.45, 7) is 4.23. The van der Waals surface area contributed by atoms with Crippen molar-refractivity contribution >= 4 is 23.1 Å². The number of para-hydroxylation sites is 2.